The molecule has 0 aliphatic heterocycles. The van der Waals surface area contributed by atoms with Crippen molar-refractivity contribution in [1.82, 2.24) is 5.32 Å². The third kappa shape index (κ3) is 3.55. The Kier molecular flexibility index (Phi) is 5.18. The van der Waals surface area contributed by atoms with E-state index in [1.165, 1.54) is 25.7 Å². The zero-order valence-corrected chi connectivity index (χ0v) is 11.3. The largest absolute Gasteiger partial charge is 0.314 e. The smallest absolute Gasteiger partial charge is 0.126 e. The van der Waals surface area contributed by atoms with Gasteiger partial charge in [0.1, 0.15) is 5.82 Å². The van der Waals surface area contributed by atoms with Gasteiger partial charge in [0.2, 0.25) is 0 Å². The van der Waals surface area contributed by atoms with Crippen molar-refractivity contribution in [2.45, 2.75) is 57.4 Å². The fourth-order valence-corrected chi connectivity index (χ4v) is 2.70. The maximum absolute atomic E-state index is 13.6. The third-order valence-electron chi connectivity index (χ3n) is 3.95. The Morgan fingerprint density at radius 2 is 1.94 bits per heavy atom. The van der Waals surface area contributed by atoms with E-state index in [2.05, 4.69) is 12.2 Å². The Morgan fingerprint density at radius 1 is 1.17 bits per heavy atom. The number of halogens is 1. The van der Waals surface area contributed by atoms with E-state index in [4.69, 9.17) is 0 Å². The van der Waals surface area contributed by atoms with Crippen LogP contribution in [-0.4, -0.2) is 12.6 Å². The lowest BCUT2D eigenvalue weighted by molar-refractivity contribution is 0.284. The predicted molar refractivity (Wildman–Crippen MR) is 74.3 cm³/mol. The van der Waals surface area contributed by atoms with E-state index in [0.717, 1.165) is 24.9 Å². The number of hydrogen-bond donors (Lipinski definition) is 1. The summed E-state index contributed by atoms with van der Waals surface area (Å²) in [5.74, 6) is 0.392. The van der Waals surface area contributed by atoms with Gasteiger partial charge in [-0.05, 0) is 43.4 Å². The van der Waals surface area contributed by atoms with Gasteiger partial charge in [-0.2, -0.15) is 0 Å². The number of rotatable bonds is 7. The Balaban J connectivity index is 1.64. The van der Waals surface area contributed by atoms with Crippen LogP contribution in [0.25, 0.3) is 0 Å². The maximum atomic E-state index is 13.6. The van der Waals surface area contributed by atoms with Crippen LogP contribution in [0.1, 0.15) is 56.9 Å². The molecule has 0 spiro atoms. The minimum atomic E-state index is -0.0381. The zero-order valence-electron chi connectivity index (χ0n) is 11.3. The third-order valence-corrected chi connectivity index (χ3v) is 3.95. The second-order valence-corrected chi connectivity index (χ2v) is 5.40. The number of unbranched alkanes of at least 4 members (excludes halogenated alkanes) is 3. The molecule has 1 aliphatic carbocycles. The average Bonchev–Trinajstić information content (AvgIpc) is 2.33. The minimum Gasteiger partial charge on any atom is -0.314 e. The molecule has 0 amide bonds. The summed E-state index contributed by atoms with van der Waals surface area (Å²) in [5, 5.41) is 3.57. The van der Waals surface area contributed by atoms with Crippen molar-refractivity contribution >= 4 is 0 Å². The molecule has 1 aromatic carbocycles. The molecular formula is C16H24FN. The molecule has 100 valence electrons. The summed E-state index contributed by atoms with van der Waals surface area (Å²) in [4.78, 5) is 0. The van der Waals surface area contributed by atoms with Crippen LogP contribution in [0.3, 0.4) is 0 Å². The first-order valence-corrected chi connectivity index (χ1v) is 7.29. The molecule has 0 bridgehead atoms. The van der Waals surface area contributed by atoms with Crippen LogP contribution in [0.4, 0.5) is 4.39 Å². The van der Waals surface area contributed by atoms with Crippen molar-refractivity contribution < 1.29 is 4.39 Å². The van der Waals surface area contributed by atoms with E-state index in [-0.39, 0.29) is 5.82 Å². The normalized spacial score (nSPS) is 22.8. The van der Waals surface area contributed by atoms with Crippen LogP contribution in [0.5, 0.6) is 0 Å². The number of nitrogens with one attached hydrogen (secondary N) is 1. The fraction of sp³-hybridized carbons (Fsp3) is 0.625. The molecule has 1 nitrogen and oxygen atoms in total. The molecule has 1 saturated carbocycles. The van der Waals surface area contributed by atoms with Gasteiger partial charge in [0.15, 0.2) is 0 Å². The molecule has 2 rings (SSSR count). The standard InChI is InChI=1S/C16H24FN/c1-2-3-4-7-10-18-14-11-13(12-14)15-8-5-6-9-16(15)17/h5-6,8-9,13-14,18H,2-4,7,10-12H2,1H3. The Morgan fingerprint density at radius 3 is 2.67 bits per heavy atom. The summed E-state index contributed by atoms with van der Waals surface area (Å²) in [6.07, 6.45) is 7.41. The molecule has 0 unspecified atom stereocenters. The Hall–Kier alpha value is -0.890. The van der Waals surface area contributed by atoms with Gasteiger partial charge in [-0.3, -0.25) is 0 Å². The molecule has 1 aliphatic rings. The van der Waals surface area contributed by atoms with Crippen LogP contribution >= 0.6 is 0 Å². The van der Waals surface area contributed by atoms with Crippen LogP contribution in [0.2, 0.25) is 0 Å². The van der Waals surface area contributed by atoms with E-state index in [9.17, 15) is 4.39 Å². The summed E-state index contributed by atoms with van der Waals surface area (Å²) >= 11 is 0. The predicted octanol–water partition coefficient (Wildman–Crippen LogP) is 4.24. The van der Waals surface area contributed by atoms with Crippen molar-refractivity contribution in [1.29, 1.82) is 0 Å². The topological polar surface area (TPSA) is 12.0 Å². The number of benzene rings is 1. The van der Waals surface area contributed by atoms with E-state index in [0.29, 0.717) is 12.0 Å². The highest BCUT2D eigenvalue weighted by molar-refractivity contribution is 5.24. The maximum Gasteiger partial charge on any atom is 0.126 e. The van der Waals surface area contributed by atoms with Gasteiger partial charge in [0.05, 0.1) is 0 Å². The molecule has 18 heavy (non-hydrogen) atoms. The molecule has 1 aromatic rings. The summed E-state index contributed by atoms with van der Waals surface area (Å²) in [7, 11) is 0. The van der Waals surface area contributed by atoms with Crippen molar-refractivity contribution in [3.05, 3.63) is 35.6 Å². The first-order valence-electron chi connectivity index (χ1n) is 7.29. The fourth-order valence-electron chi connectivity index (χ4n) is 2.70. The van der Waals surface area contributed by atoms with Crippen molar-refractivity contribution in [2.75, 3.05) is 6.54 Å². The Bertz CT molecular complexity index is 358. The van der Waals surface area contributed by atoms with Crippen LogP contribution < -0.4 is 5.32 Å². The van der Waals surface area contributed by atoms with Gasteiger partial charge in [-0.1, -0.05) is 44.4 Å². The SMILES string of the molecule is CCCCCCNC1CC(c2ccccc2F)C1. The molecule has 2 heteroatoms. The molecular weight excluding hydrogens is 225 g/mol. The van der Waals surface area contributed by atoms with Crippen molar-refractivity contribution in [3.63, 3.8) is 0 Å². The highest BCUT2D eigenvalue weighted by atomic mass is 19.1. The first kappa shape index (κ1) is 13.5. The molecule has 0 heterocycles. The van der Waals surface area contributed by atoms with E-state index in [1.807, 2.05) is 12.1 Å². The van der Waals surface area contributed by atoms with Gasteiger partial charge in [-0.25, -0.2) is 4.39 Å². The summed E-state index contributed by atoms with van der Waals surface area (Å²) in [6.45, 7) is 3.35. The van der Waals surface area contributed by atoms with Gasteiger partial charge < -0.3 is 5.32 Å². The lowest BCUT2D eigenvalue weighted by Crippen LogP contribution is -2.40. The van der Waals surface area contributed by atoms with Gasteiger partial charge in [0, 0.05) is 6.04 Å². The quantitative estimate of drug-likeness (QED) is 0.713. The van der Waals surface area contributed by atoms with Crippen molar-refractivity contribution in [2.24, 2.45) is 0 Å². The highest BCUT2D eigenvalue weighted by Gasteiger charge is 2.31. The molecule has 0 saturated heterocycles. The van der Waals surface area contributed by atoms with Gasteiger partial charge >= 0.3 is 0 Å². The molecule has 0 radical (unpaired) electrons. The molecule has 1 N–H and O–H groups in total. The summed E-state index contributed by atoms with van der Waals surface area (Å²) < 4.78 is 13.6. The summed E-state index contributed by atoms with van der Waals surface area (Å²) in [5.41, 5.74) is 0.904. The second kappa shape index (κ2) is 6.89. The lowest BCUT2D eigenvalue weighted by Gasteiger charge is -2.36. The number of hydrogen-bond acceptors (Lipinski definition) is 1. The van der Waals surface area contributed by atoms with E-state index < -0.39 is 0 Å². The highest BCUT2D eigenvalue weighted by Crippen LogP contribution is 2.37. The molecule has 0 atom stereocenters. The van der Waals surface area contributed by atoms with Crippen LogP contribution in [0, 0.1) is 5.82 Å². The molecule has 1 fully saturated rings. The van der Waals surface area contributed by atoms with Crippen LogP contribution in [0.15, 0.2) is 24.3 Å². The van der Waals surface area contributed by atoms with Crippen molar-refractivity contribution in [3.8, 4) is 0 Å². The second-order valence-electron chi connectivity index (χ2n) is 5.40. The average molecular weight is 249 g/mol. The molecule has 0 aromatic heterocycles. The van der Waals surface area contributed by atoms with Crippen LogP contribution in [-0.2, 0) is 0 Å². The minimum absolute atomic E-state index is 0.0381. The lowest BCUT2D eigenvalue weighted by atomic mass is 9.75. The van der Waals surface area contributed by atoms with E-state index in [1.54, 1.807) is 12.1 Å². The Labute approximate surface area is 110 Å². The van der Waals surface area contributed by atoms with Gasteiger partial charge in [0.25, 0.3) is 0 Å². The first-order chi connectivity index (χ1) is 8.81. The summed E-state index contributed by atoms with van der Waals surface area (Å²) in [6, 6.07) is 7.81. The van der Waals surface area contributed by atoms with Gasteiger partial charge in [-0.15, -0.1) is 0 Å². The monoisotopic (exact) mass is 249 g/mol. The van der Waals surface area contributed by atoms with E-state index >= 15 is 0 Å². The zero-order chi connectivity index (χ0) is 12.8.